The number of nitrogens with zero attached hydrogens (tertiary/aromatic N) is 2. The lowest BCUT2D eigenvalue weighted by Crippen LogP contribution is -2.45. The monoisotopic (exact) mass is 529 g/mol. The summed E-state index contributed by atoms with van der Waals surface area (Å²) in [5.41, 5.74) is 1.82. The number of likely N-dealkylation sites (tertiary alicyclic amines) is 1. The van der Waals surface area contributed by atoms with Crippen molar-refractivity contribution in [3.8, 4) is 0 Å². The number of amides is 2. The van der Waals surface area contributed by atoms with Gasteiger partial charge in [0.15, 0.2) is 5.96 Å². The second kappa shape index (κ2) is 13.5. The molecule has 0 radical (unpaired) electrons. The van der Waals surface area contributed by atoms with Gasteiger partial charge < -0.3 is 20.9 Å². The summed E-state index contributed by atoms with van der Waals surface area (Å²) in [5.74, 6) is 1.31. The Balaban J connectivity index is 0.00000450. The van der Waals surface area contributed by atoms with Crippen molar-refractivity contribution in [2.75, 3.05) is 25.0 Å². The van der Waals surface area contributed by atoms with Gasteiger partial charge >= 0.3 is 0 Å². The highest BCUT2D eigenvalue weighted by molar-refractivity contribution is 14.0. The number of hydrogen-bond acceptors (Lipinski definition) is 3. The lowest BCUT2D eigenvalue weighted by molar-refractivity contribution is -0.129. The Hall–Kier alpha value is -1.84. The molecule has 0 saturated carbocycles. The van der Waals surface area contributed by atoms with Crippen LogP contribution >= 0.6 is 24.0 Å². The van der Waals surface area contributed by atoms with Gasteiger partial charge in [-0.1, -0.05) is 32.9 Å². The normalized spacial score (nSPS) is 16.2. The minimum atomic E-state index is 0. The fraction of sp³-hybridized carbons (Fsp3) is 0.591. The maximum atomic E-state index is 12.0. The van der Waals surface area contributed by atoms with E-state index in [9.17, 15) is 9.59 Å². The molecular weight excluding hydrogens is 493 g/mol. The Morgan fingerprint density at radius 2 is 2.03 bits per heavy atom. The lowest BCUT2D eigenvalue weighted by Gasteiger charge is -2.18. The molecule has 1 aromatic carbocycles. The van der Waals surface area contributed by atoms with Gasteiger partial charge in [0.05, 0.1) is 6.54 Å². The molecule has 1 aromatic rings. The number of halogens is 1. The first kappa shape index (κ1) is 26.2. The molecule has 0 aliphatic carbocycles. The van der Waals surface area contributed by atoms with Crippen LogP contribution in [0.1, 0.15) is 52.5 Å². The molecule has 0 spiro atoms. The van der Waals surface area contributed by atoms with Gasteiger partial charge in [0.25, 0.3) is 0 Å². The molecule has 2 amide bonds. The van der Waals surface area contributed by atoms with Crippen LogP contribution < -0.4 is 16.0 Å². The Kier molecular flexibility index (Phi) is 11.8. The van der Waals surface area contributed by atoms with Crippen molar-refractivity contribution in [2.45, 2.75) is 59.5 Å². The van der Waals surface area contributed by atoms with Crippen LogP contribution in [0.2, 0.25) is 0 Å². The summed E-state index contributed by atoms with van der Waals surface area (Å²) in [6.45, 7) is 10.8. The van der Waals surface area contributed by atoms with E-state index in [1.807, 2.05) is 56.9 Å². The Bertz CT molecular complexity index is 723. The molecule has 1 aliphatic rings. The zero-order chi connectivity index (χ0) is 21.2. The lowest BCUT2D eigenvalue weighted by atomic mass is 10.1. The quantitative estimate of drug-likeness (QED) is 0.274. The number of rotatable bonds is 8. The summed E-state index contributed by atoms with van der Waals surface area (Å²) >= 11 is 0. The van der Waals surface area contributed by atoms with E-state index < -0.39 is 0 Å². The Morgan fingerprint density at radius 1 is 1.27 bits per heavy atom. The Morgan fingerprint density at radius 3 is 2.70 bits per heavy atom. The number of guanidine groups is 1. The summed E-state index contributed by atoms with van der Waals surface area (Å²) in [7, 11) is 0. The van der Waals surface area contributed by atoms with E-state index >= 15 is 0 Å². The smallest absolute Gasteiger partial charge is 0.224 e. The third-order valence-electron chi connectivity index (χ3n) is 4.75. The van der Waals surface area contributed by atoms with Gasteiger partial charge in [-0.15, -0.1) is 24.0 Å². The molecule has 0 aromatic heterocycles. The van der Waals surface area contributed by atoms with Crippen molar-refractivity contribution >= 4 is 47.4 Å². The van der Waals surface area contributed by atoms with Gasteiger partial charge in [0.2, 0.25) is 11.8 Å². The molecule has 168 valence electrons. The van der Waals surface area contributed by atoms with Gasteiger partial charge in [-0.25, -0.2) is 4.99 Å². The average Bonchev–Trinajstić information content (AvgIpc) is 3.14. The SMILES string of the molecule is CCNC(=NCc1cccc(NC(=O)CC(C)C)c1)NC1CCN(C(=O)CC)C1.I. The number of carbonyl (C=O) groups is 2. The largest absolute Gasteiger partial charge is 0.357 e. The van der Waals surface area contributed by atoms with Crippen LogP contribution in [-0.2, 0) is 16.1 Å². The van der Waals surface area contributed by atoms with Crippen molar-refractivity contribution in [3.05, 3.63) is 29.8 Å². The minimum absolute atomic E-state index is 0. The van der Waals surface area contributed by atoms with E-state index in [2.05, 4.69) is 20.9 Å². The van der Waals surface area contributed by atoms with Gasteiger partial charge in [0.1, 0.15) is 0 Å². The highest BCUT2D eigenvalue weighted by Gasteiger charge is 2.25. The van der Waals surface area contributed by atoms with Gasteiger partial charge in [-0.2, -0.15) is 0 Å². The van der Waals surface area contributed by atoms with Gasteiger partial charge in [0, 0.05) is 44.2 Å². The molecule has 1 fully saturated rings. The molecule has 1 atom stereocenters. The van der Waals surface area contributed by atoms with Crippen LogP contribution in [0.3, 0.4) is 0 Å². The highest BCUT2D eigenvalue weighted by atomic mass is 127. The fourth-order valence-corrected chi connectivity index (χ4v) is 3.34. The van der Waals surface area contributed by atoms with E-state index in [-0.39, 0.29) is 41.8 Å². The first-order chi connectivity index (χ1) is 13.9. The molecule has 8 heteroatoms. The number of carbonyl (C=O) groups excluding carboxylic acids is 2. The predicted octanol–water partition coefficient (Wildman–Crippen LogP) is 3.36. The van der Waals surface area contributed by atoms with Gasteiger partial charge in [-0.05, 0) is 37.0 Å². The highest BCUT2D eigenvalue weighted by Crippen LogP contribution is 2.14. The zero-order valence-corrected chi connectivity index (χ0v) is 20.9. The second-order valence-corrected chi connectivity index (χ2v) is 7.86. The van der Waals surface area contributed by atoms with E-state index in [1.54, 1.807) is 0 Å². The summed E-state index contributed by atoms with van der Waals surface area (Å²) in [6.07, 6.45) is 1.98. The first-order valence-corrected chi connectivity index (χ1v) is 10.6. The molecule has 1 unspecified atom stereocenters. The number of nitrogens with one attached hydrogen (secondary N) is 3. The van der Waals surface area contributed by atoms with Crippen LogP contribution in [0.25, 0.3) is 0 Å². The van der Waals surface area contributed by atoms with E-state index in [1.165, 1.54) is 0 Å². The van der Waals surface area contributed by atoms with Crippen LogP contribution in [0.4, 0.5) is 5.69 Å². The third-order valence-corrected chi connectivity index (χ3v) is 4.75. The van der Waals surface area contributed by atoms with Crippen LogP contribution in [0.5, 0.6) is 0 Å². The number of benzene rings is 1. The van der Waals surface area contributed by atoms with Crippen molar-refractivity contribution in [1.82, 2.24) is 15.5 Å². The fourth-order valence-electron chi connectivity index (χ4n) is 3.34. The summed E-state index contributed by atoms with van der Waals surface area (Å²) in [4.78, 5) is 30.5. The van der Waals surface area contributed by atoms with Crippen molar-refractivity contribution in [3.63, 3.8) is 0 Å². The van der Waals surface area contributed by atoms with Crippen molar-refractivity contribution in [2.24, 2.45) is 10.9 Å². The summed E-state index contributed by atoms with van der Waals surface area (Å²) in [6, 6.07) is 8.00. The minimum Gasteiger partial charge on any atom is -0.357 e. The zero-order valence-electron chi connectivity index (χ0n) is 18.5. The molecule has 3 N–H and O–H groups in total. The number of hydrogen-bond donors (Lipinski definition) is 3. The maximum absolute atomic E-state index is 12.0. The van der Waals surface area contributed by atoms with E-state index in [0.29, 0.717) is 31.8 Å². The molecule has 1 aliphatic heterocycles. The molecule has 7 nitrogen and oxygen atoms in total. The van der Waals surface area contributed by atoms with Crippen LogP contribution in [-0.4, -0.2) is 48.3 Å². The van der Waals surface area contributed by atoms with Crippen molar-refractivity contribution in [1.29, 1.82) is 0 Å². The number of aliphatic imine (C=N–C) groups is 1. The molecular formula is C22H36IN5O2. The molecule has 1 heterocycles. The third kappa shape index (κ3) is 8.89. The second-order valence-electron chi connectivity index (χ2n) is 7.86. The van der Waals surface area contributed by atoms with E-state index in [4.69, 9.17) is 0 Å². The molecule has 0 bridgehead atoms. The van der Waals surface area contributed by atoms with Crippen LogP contribution in [0.15, 0.2) is 29.3 Å². The van der Waals surface area contributed by atoms with Crippen molar-refractivity contribution < 1.29 is 9.59 Å². The van der Waals surface area contributed by atoms with E-state index in [0.717, 1.165) is 36.7 Å². The first-order valence-electron chi connectivity index (χ1n) is 10.6. The summed E-state index contributed by atoms with van der Waals surface area (Å²) in [5, 5.41) is 9.66. The maximum Gasteiger partial charge on any atom is 0.224 e. The number of anilines is 1. The molecule has 2 rings (SSSR count). The molecule has 1 saturated heterocycles. The molecule has 30 heavy (non-hydrogen) atoms. The summed E-state index contributed by atoms with van der Waals surface area (Å²) < 4.78 is 0. The Labute approximate surface area is 197 Å². The topological polar surface area (TPSA) is 85.8 Å². The standard InChI is InChI=1S/C22H35N5O2.HI/c1-5-21(29)27-11-10-19(15-27)26-22(23-6-2)24-14-17-8-7-9-18(13-17)25-20(28)12-16(3)4;/h7-9,13,16,19H,5-6,10-12,14-15H2,1-4H3,(H,25,28)(H2,23,24,26);1H. The predicted molar refractivity (Wildman–Crippen MR) is 133 cm³/mol. The van der Waals surface area contributed by atoms with Gasteiger partial charge in [-0.3, -0.25) is 9.59 Å². The van der Waals surface area contributed by atoms with Crippen LogP contribution in [0, 0.1) is 5.92 Å². The average molecular weight is 529 g/mol.